The van der Waals surface area contributed by atoms with E-state index in [1.807, 2.05) is 24.3 Å². The van der Waals surface area contributed by atoms with Crippen LogP contribution >= 0.6 is 15.9 Å². The molecule has 0 spiro atoms. The molecule has 0 saturated heterocycles. The number of phenolic OH excluding ortho intramolecular Hbond substituents is 1. The quantitative estimate of drug-likeness (QED) is 0.212. The molecule has 0 unspecified atom stereocenters. The van der Waals surface area contributed by atoms with E-state index in [-0.39, 0.29) is 17.6 Å². The summed E-state index contributed by atoms with van der Waals surface area (Å²) in [6.07, 6.45) is 0. The zero-order valence-corrected chi connectivity index (χ0v) is 21.2. The smallest absolute Gasteiger partial charge is 0.258 e. The van der Waals surface area contributed by atoms with Gasteiger partial charge in [0.1, 0.15) is 5.75 Å². The van der Waals surface area contributed by atoms with Gasteiger partial charge in [-0.25, -0.2) is 0 Å². The zero-order valence-electron chi connectivity index (χ0n) is 19.6. The van der Waals surface area contributed by atoms with E-state index >= 15 is 0 Å². The second-order valence-corrected chi connectivity index (χ2v) is 8.61. The van der Waals surface area contributed by atoms with Crippen LogP contribution in [-0.4, -0.2) is 69.7 Å². The number of carbonyl (C=O) groups is 2. The first kappa shape index (κ1) is 26.7. The minimum atomic E-state index is -0.211. The van der Waals surface area contributed by atoms with Gasteiger partial charge in [0.05, 0.1) is 50.9 Å². The number of rotatable bonds is 14. The molecule has 0 fully saturated rings. The van der Waals surface area contributed by atoms with Gasteiger partial charge < -0.3 is 35.3 Å². The molecule has 0 aromatic heterocycles. The number of carbonyl (C=O) groups excluding carboxylic acids is 2. The van der Waals surface area contributed by atoms with Crippen molar-refractivity contribution >= 4 is 44.7 Å². The minimum absolute atomic E-state index is 0.0777. The summed E-state index contributed by atoms with van der Waals surface area (Å²) in [5.41, 5.74) is 3.34. The highest BCUT2D eigenvalue weighted by atomic mass is 79.9. The van der Waals surface area contributed by atoms with Crippen molar-refractivity contribution in [1.29, 1.82) is 0 Å². The van der Waals surface area contributed by atoms with Gasteiger partial charge in [0.2, 0.25) is 5.91 Å². The number of hydrogen-bond donors (Lipinski definition) is 4. The van der Waals surface area contributed by atoms with Crippen molar-refractivity contribution in [2.24, 2.45) is 0 Å². The van der Waals surface area contributed by atoms with Crippen LogP contribution in [0.2, 0.25) is 0 Å². The molecule has 35 heavy (non-hydrogen) atoms. The lowest BCUT2D eigenvalue weighted by molar-refractivity contribution is -0.119. The molecule has 0 bridgehead atoms. The molecule has 188 valence electrons. The first-order chi connectivity index (χ1) is 17.0. The molecule has 2 aromatic carbocycles. The van der Waals surface area contributed by atoms with Crippen molar-refractivity contribution < 1.29 is 28.9 Å². The number of amides is 2. The van der Waals surface area contributed by atoms with Crippen LogP contribution in [0.25, 0.3) is 11.3 Å². The number of hydrogen-bond acceptors (Lipinski definition) is 7. The van der Waals surface area contributed by atoms with Crippen LogP contribution < -0.4 is 16.0 Å². The van der Waals surface area contributed by atoms with E-state index in [2.05, 4.69) is 31.9 Å². The fourth-order valence-electron chi connectivity index (χ4n) is 3.47. The highest BCUT2D eigenvalue weighted by molar-refractivity contribution is 9.10. The van der Waals surface area contributed by atoms with Crippen LogP contribution in [0.4, 0.5) is 5.69 Å². The lowest BCUT2D eigenvalue weighted by Gasteiger charge is -2.15. The van der Waals surface area contributed by atoms with Gasteiger partial charge in [-0.3, -0.25) is 9.59 Å². The predicted molar refractivity (Wildman–Crippen MR) is 137 cm³/mol. The van der Waals surface area contributed by atoms with E-state index < -0.39 is 0 Å². The molecule has 2 amide bonds. The van der Waals surface area contributed by atoms with Crippen molar-refractivity contribution in [2.75, 3.05) is 58.0 Å². The average molecular weight is 548 g/mol. The number of benzene rings is 2. The number of anilines is 1. The van der Waals surface area contributed by atoms with E-state index in [0.29, 0.717) is 69.6 Å². The SMILES string of the molecule is CC(=O)NCCOCCOCCOCCN/C(=C1\C(=O)Nc2ccc(Br)cc21)c1cccc(O)c1. The Kier molecular flexibility index (Phi) is 10.5. The van der Waals surface area contributed by atoms with Gasteiger partial charge in [-0.1, -0.05) is 28.1 Å². The summed E-state index contributed by atoms with van der Waals surface area (Å²) in [5.74, 6) is -0.175. The van der Waals surface area contributed by atoms with Crippen LogP contribution in [0, 0.1) is 0 Å². The fraction of sp³-hybridized carbons (Fsp3) is 0.360. The van der Waals surface area contributed by atoms with Gasteiger partial charge in [-0.15, -0.1) is 0 Å². The van der Waals surface area contributed by atoms with Crippen molar-refractivity contribution in [3.63, 3.8) is 0 Å². The highest BCUT2D eigenvalue weighted by Crippen LogP contribution is 2.38. The van der Waals surface area contributed by atoms with Gasteiger partial charge in [0, 0.05) is 41.3 Å². The Labute approximate surface area is 213 Å². The van der Waals surface area contributed by atoms with Crippen LogP contribution in [0.15, 0.2) is 46.9 Å². The lowest BCUT2D eigenvalue weighted by Crippen LogP contribution is -2.25. The third-order valence-electron chi connectivity index (χ3n) is 5.02. The van der Waals surface area contributed by atoms with E-state index in [1.54, 1.807) is 18.2 Å². The summed E-state index contributed by atoms with van der Waals surface area (Å²) >= 11 is 3.47. The Balaban J connectivity index is 1.48. The third kappa shape index (κ3) is 8.36. The van der Waals surface area contributed by atoms with Crippen LogP contribution in [0.1, 0.15) is 18.1 Å². The minimum Gasteiger partial charge on any atom is -0.508 e. The summed E-state index contributed by atoms with van der Waals surface area (Å²) in [6, 6.07) is 12.4. The standard InChI is InChI=1S/C25H30BrN3O6/c1-17(30)27-7-9-33-11-13-35-14-12-34-10-8-28-24(18-3-2-4-20(31)15-18)23-21-16-19(26)5-6-22(21)29-25(23)32/h2-6,15-16,28,31H,7-14H2,1H3,(H,27,30)(H,29,32)/b24-23-. The number of fused-ring (bicyclic) bond motifs is 1. The van der Waals surface area contributed by atoms with Gasteiger partial charge in [-0.2, -0.15) is 0 Å². The van der Waals surface area contributed by atoms with Crippen molar-refractivity contribution in [1.82, 2.24) is 10.6 Å². The van der Waals surface area contributed by atoms with Crippen molar-refractivity contribution in [2.45, 2.75) is 6.92 Å². The first-order valence-corrected chi connectivity index (χ1v) is 12.1. The summed E-state index contributed by atoms with van der Waals surface area (Å²) in [6.45, 7) is 4.99. The molecule has 0 radical (unpaired) electrons. The van der Waals surface area contributed by atoms with E-state index in [4.69, 9.17) is 14.2 Å². The Morgan fingerprint density at radius 2 is 1.60 bits per heavy atom. The molecule has 0 saturated carbocycles. The molecule has 1 heterocycles. The van der Waals surface area contributed by atoms with Gasteiger partial charge >= 0.3 is 0 Å². The van der Waals surface area contributed by atoms with Gasteiger partial charge in [-0.05, 0) is 30.3 Å². The van der Waals surface area contributed by atoms with Crippen LogP contribution in [0.3, 0.4) is 0 Å². The molecule has 0 aliphatic carbocycles. The molecule has 2 aromatic rings. The number of aromatic hydroxyl groups is 1. The molecule has 4 N–H and O–H groups in total. The Morgan fingerprint density at radius 1 is 0.943 bits per heavy atom. The van der Waals surface area contributed by atoms with Crippen LogP contribution in [-0.2, 0) is 23.8 Å². The molecule has 10 heteroatoms. The molecule has 9 nitrogen and oxygen atoms in total. The normalized spacial score (nSPS) is 13.8. The number of halogens is 1. The number of ether oxygens (including phenoxy) is 3. The lowest BCUT2D eigenvalue weighted by atomic mass is 10.00. The number of nitrogens with one attached hydrogen (secondary N) is 3. The molecule has 1 aliphatic heterocycles. The topological polar surface area (TPSA) is 118 Å². The van der Waals surface area contributed by atoms with Crippen LogP contribution in [0.5, 0.6) is 5.75 Å². The Morgan fingerprint density at radius 3 is 2.26 bits per heavy atom. The largest absolute Gasteiger partial charge is 0.508 e. The maximum Gasteiger partial charge on any atom is 0.258 e. The Hall–Kier alpha value is -2.92. The Bertz CT molecular complexity index is 1060. The van der Waals surface area contributed by atoms with Crippen molar-refractivity contribution in [3.8, 4) is 5.75 Å². The maximum absolute atomic E-state index is 12.8. The summed E-state index contributed by atoms with van der Waals surface area (Å²) in [7, 11) is 0. The highest BCUT2D eigenvalue weighted by Gasteiger charge is 2.28. The summed E-state index contributed by atoms with van der Waals surface area (Å²) in [5, 5.41) is 18.8. The summed E-state index contributed by atoms with van der Waals surface area (Å²) in [4.78, 5) is 23.6. The van der Waals surface area contributed by atoms with E-state index in [0.717, 1.165) is 15.7 Å². The molecule has 0 atom stereocenters. The second kappa shape index (κ2) is 13.8. The number of phenols is 1. The first-order valence-electron chi connectivity index (χ1n) is 11.3. The molecular weight excluding hydrogens is 518 g/mol. The maximum atomic E-state index is 12.8. The molecule has 3 rings (SSSR count). The molecular formula is C25H30BrN3O6. The van der Waals surface area contributed by atoms with E-state index in [9.17, 15) is 14.7 Å². The van der Waals surface area contributed by atoms with Gasteiger partial charge in [0.25, 0.3) is 5.91 Å². The third-order valence-corrected chi connectivity index (χ3v) is 5.52. The monoisotopic (exact) mass is 547 g/mol. The predicted octanol–water partition coefficient (Wildman–Crippen LogP) is 2.75. The van der Waals surface area contributed by atoms with Gasteiger partial charge in [0.15, 0.2) is 0 Å². The van der Waals surface area contributed by atoms with E-state index in [1.165, 1.54) is 6.92 Å². The average Bonchev–Trinajstić information content (AvgIpc) is 3.14. The zero-order chi connectivity index (χ0) is 25.0. The summed E-state index contributed by atoms with van der Waals surface area (Å²) < 4.78 is 17.3. The van der Waals surface area contributed by atoms with Crippen molar-refractivity contribution in [3.05, 3.63) is 58.1 Å². The molecule has 1 aliphatic rings. The second-order valence-electron chi connectivity index (χ2n) is 7.69. The fourth-order valence-corrected chi connectivity index (χ4v) is 3.83.